The molecule has 1 fully saturated rings. The normalized spacial score (nSPS) is 22.6. The Morgan fingerprint density at radius 1 is 1.00 bits per heavy atom. The van der Waals surface area contributed by atoms with Gasteiger partial charge in [0.1, 0.15) is 11.2 Å². The maximum Gasteiger partial charge on any atom is 0.414 e. The third-order valence-corrected chi connectivity index (χ3v) is 3.41. The van der Waals surface area contributed by atoms with Gasteiger partial charge < -0.3 is 19.7 Å². The molecule has 0 spiro atoms. The summed E-state index contributed by atoms with van der Waals surface area (Å²) in [6.45, 7) is 10.1. The molecule has 0 aromatic rings. The van der Waals surface area contributed by atoms with Crippen LogP contribution >= 0.6 is 0 Å². The number of ether oxygens (including phenoxy) is 2. The van der Waals surface area contributed by atoms with Crippen LogP contribution < -0.4 is 10.6 Å². The summed E-state index contributed by atoms with van der Waals surface area (Å²) < 4.78 is 10.3. The van der Waals surface area contributed by atoms with Gasteiger partial charge in [-0.1, -0.05) is 0 Å². The molecule has 2 unspecified atom stereocenters. The van der Waals surface area contributed by atoms with E-state index in [1.54, 1.807) is 41.5 Å². The summed E-state index contributed by atoms with van der Waals surface area (Å²) in [4.78, 5) is 39.3. The van der Waals surface area contributed by atoms with Crippen molar-refractivity contribution in [1.82, 2.24) is 10.6 Å². The number of aliphatic hydroxyl groups is 1. The second kappa shape index (κ2) is 8.12. The standard InChI is InChI=1S/C17H29N3O7/c1-15(2,3)26-13(23)19-12(20-14(24)27-16(4,5)6)18-10-7-8-17(25,9-10)11(21)22/h10,25H,7-9H2,1-6H3,(H,21,22)(H2,18,19,20,23,24). The van der Waals surface area contributed by atoms with Gasteiger partial charge in [-0.25, -0.2) is 19.4 Å². The van der Waals surface area contributed by atoms with E-state index in [1.807, 2.05) is 0 Å². The molecule has 1 rings (SSSR count). The number of amides is 2. The van der Waals surface area contributed by atoms with E-state index in [0.717, 1.165) is 0 Å². The second-order valence-electron chi connectivity index (χ2n) is 8.46. The lowest BCUT2D eigenvalue weighted by Crippen LogP contribution is -2.47. The highest BCUT2D eigenvalue weighted by atomic mass is 16.6. The summed E-state index contributed by atoms with van der Waals surface area (Å²) in [7, 11) is 0. The van der Waals surface area contributed by atoms with Crippen LogP contribution in [0.15, 0.2) is 4.99 Å². The number of rotatable bonds is 2. The van der Waals surface area contributed by atoms with E-state index in [0.29, 0.717) is 0 Å². The van der Waals surface area contributed by atoms with E-state index in [-0.39, 0.29) is 25.2 Å². The van der Waals surface area contributed by atoms with Gasteiger partial charge in [-0.2, -0.15) is 0 Å². The van der Waals surface area contributed by atoms with Crippen molar-refractivity contribution in [3.63, 3.8) is 0 Å². The van der Waals surface area contributed by atoms with Crippen molar-refractivity contribution >= 4 is 24.1 Å². The van der Waals surface area contributed by atoms with Crippen molar-refractivity contribution in [3.05, 3.63) is 0 Å². The van der Waals surface area contributed by atoms with Crippen LogP contribution in [-0.2, 0) is 14.3 Å². The van der Waals surface area contributed by atoms with Crippen LogP contribution in [0.1, 0.15) is 60.8 Å². The fraction of sp³-hybridized carbons (Fsp3) is 0.765. The maximum absolute atomic E-state index is 12.0. The van der Waals surface area contributed by atoms with Crippen molar-refractivity contribution in [2.45, 2.75) is 83.6 Å². The van der Waals surface area contributed by atoms with Gasteiger partial charge in [0.15, 0.2) is 5.60 Å². The molecule has 1 aliphatic carbocycles. The van der Waals surface area contributed by atoms with E-state index >= 15 is 0 Å². The van der Waals surface area contributed by atoms with Crippen molar-refractivity contribution in [1.29, 1.82) is 0 Å². The fourth-order valence-electron chi connectivity index (χ4n) is 2.38. The number of carboxylic acid groups (broad SMARTS) is 1. The second-order valence-corrected chi connectivity index (χ2v) is 8.46. The summed E-state index contributed by atoms with van der Waals surface area (Å²) in [6.07, 6.45) is -1.54. The van der Waals surface area contributed by atoms with E-state index in [1.165, 1.54) is 0 Å². The van der Waals surface area contributed by atoms with Gasteiger partial charge in [-0.15, -0.1) is 0 Å². The average molecular weight is 387 g/mol. The zero-order valence-corrected chi connectivity index (χ0v) is 16.6. The van der Waals surface area contributed by atoms with Gasteiger partial charge in [-0.05, 0) is 54.4 Å². The molecule has 0 bridgehead atoms. The summed E-state index contributed by atoms with van der Waals surface area (Å²) in [5.41, 5.74) is -3.41. The van der Waals surface area contributed by atoms with Gasteiger partial charge in [0.05, 0.1) is 6.04 Å². The number of carbonyl (C=O) groups excluding carboxylic acids is 2. The molecule has 0 radical (unpaired) electrons. The van der Waals surface area contributed by atoms with Gasteiger partial charge in [0, 0.05) is 6.42 Å². The molecule has 2 atom stereocenters. The first kappa shape index (κ1) is 22.7. The highest BCUT2D eigenvalue weighted by Gasteiger charge is 2.44. The molecule has 0 saturated heterocycles. The van der Waals surface area contributed by atoms with Gasteiger partial charge in [0.25, 0.3) is 0 Å². The number of carboxylic acids is 1. The van der Waals surface area contributed by atoms with Gasteiger partial charge >= 0.3 is 18.2 Å². The Morgan fingerprint density at radius 2 is 1.44 bits per heavy atom. The third-order valence-electron chi connectivity index (χ3n) is 3.41. The van der Waals surface area contributed by atoms with Gasteiger partial charge in [0.2, 0.25) is 5.96 Å². The Bertz CT molecular complexity index is 587. The number of hydrogen-bond donors (Lipinski definition) is 4. The Balaban J connectivity index is 2.92. The number of aliphatic carboxylic acids is 1. The Kier molecular flexibility index (Phi) is 6.82. The van der Waals surface area contributed by atoms with Crippen molar-refractivity contribution in [3.8, 4) is 0 Å². The van der Waals surface area contributed by atoms with Crippen LogP contribution in [0, 0.1) is 0 Å². The molecule has 2 amide bonds. The smallest absolute Gasteiger partial charge is 0.414 e. The summed E-state index contributed by atoms with van der Waals surface area (Å²) in [6, 6.07) is -0.606. The van der Waals surface area contributed by atoms with Gasteiger partial charge in [-0.3, -0.25) is 10.6 Å². The van der Waals surface area contributed by atoms with Crippen molar-refractivity contribution in [2.75, 3.05) is 0 Å². The fourth-order valence-corrected chi connectivity index (χ4v) is 2.38. The molecule has 27 heavy (non-hydrogen) atoms. The lowest BCUT2D eigenvalue weighted by molar-refractivity contribution is -0.157. The molecule has 154 valence electrons. The molecule has 0 aromatic heterocycles. The van der Waals surface area contributed by atoms with Crippen LogP contribution in [0.2, 0.25) is 0 Å². The molecule has 1 aliphatic rings. The first-order valence-electron chi connectivity index (χ1n) is 8.63. The lowest BCUT2D eigenvalue weighted by atomic mass is 10.0. The first-order valence-corrected chi connectivity index (χ1v) is 8.63. The van der Waals surface area contributed by atoms with Crippen molar-refractivity contribution < 1.29 is 34.1 Å². The molecule has 0 aliphatic heterocycles. The highest BCUT2D eigenvalue weighted by Crippen LogP contribution is 2.32. The highest BCUT2D eigenvalue weighted by molar-refractivity contribution is 6.01. The Morgan fingerprint density at radius 3 is 1.78 bits per heavy atom. The molecule has 0 aromatic carbocycles. The number of carbonyl (C=O) groups is 3. The third kappa shape index (κ3) is 8.25. The largest absolute Gasteiger partial charge is 0.479 e. The predicted molar refractivity (Wildman–Crippen MR) is 96.4 cm³/mol. The van der Waals surface area contributed by atoms with E-state index in [4.69, 9.17) is 14.6 Å². The molecule has 1 saturated carbocycles. The number of guanidine groups is 1. The molecule has 0 heterocycles. The van der Waals surface area contributed by atoms with Crippen LogP contribution in [0.25, 0.3) is 0 Å². The maximum atomic E-state index is 12.0. The predicted octanol–water partition coefficient (Wildman–Crippen LogP) is 1.76. The monoisotopic (exact) mass is 387 g/mol. The number of nitrogens with one attached hydrogen (secondary N) is 2. The topological polar surface area (TPSA) is 147 Å². The van der Waals surface area contributed by atoms with E-state index in [9.17, 15) is 19.5 Å². The summed E-state index contributed by atoms with van der Waals surface area (Å²) >= 11 is 0. The van der Waals surface area contributed by atoms with Crippen molar-refractivity contribution in [2.24, 2.45) is 4.99 Å². The quantitative estimate of drug-likeness (QED) is 0.417. The molecular formula is C17H29N3O7. The number of nitrogens with zero attached hydrogens (tertiary/aromatic N) is 1. The minimum atomic E-state index is -1.88. The molecular weight excluding hydrogens is 358 g/mol. The Labute approximate surface area is 158 Å². The summed E-state index contributed by atoms with van der Waals surface area (Å²) in [5, 5.41) is 23.8. The SMILES string of the molecule is CC(C)(C)OC(=O)NC(=NC1CCC(O)(C(=O)O)C1)NC(=O)OC(C)(C)C. The van der Waals surface area contributed by atoms with E-state index in [2.05, 4.69) is 15.6 Å². The number of aliphatic imine (C=N–C) groups is 1. The van der Waals surface area contributed by atoms with Crippen LogP contribution in [0.5, 0.6) is 0 Å². The summed E-state index contributed by atoms with van der Waals surface area (Å²) in [5.74, 6) is -1.57. The lowest BCUT2D eigenvalue weighted by Gasteiger charge is -2.22. The minimum absolute atomic E-state index is 0.0165. The number of alkyl carbamates (subject to hydrolysis) is 2. The van der Waals surface area contributed by atoms with Crippen LogP contribution in [-0.4, -0.2) is 57.2 Å². The molecule has 10 nitrogen and oxygen atoms in total. The Hall–Kier alpha value is -2.36. The van der Waals surface area contributed by atoms with E-state index < -0.39 is 41.0 Å². The zero-order chi connectivity index (χ0) is 21.0. The minimum Gasteiger partial charge on any atom is -0.479 e. The average Bonchev–Trinajstić information content (AvgIpc) is 2.76. The molecule has 4 N–H and O–H groups in total. The molecule has 10 heteroatoms. The number of hydrogen-bond acceptors (Lipinski definition) is 7. The van der Waals surface area contributed by atoms with Crippen LogP contribution in [0.4, 0.5) is 9.59 Å². The van der Waals surface area contributed by atoms with Crippen LogP contribution in [0.3, 0.4) is 0 Å². The zero-order valence-electron chi connectivity index (χ0n) is 16.6. The first-order chi connectivity index (χ1) is 12.1.